The van der Waals surface area contributed by atoms with Gasteiger partial charge in [-0.3, -0.25) is 9.69 Å². The van der Waals surface area contributed by atoms with E-state index in [4.69, 9.17) is 4.74 Å². The standard InChI is InChI=1S/C13H27N3O2/c1-13(14-2,12(17)18-5)10-16-8-6-7-11(16)9-15(3)4/h11,14H,6-10H2,1-5H3. The predicted octanol–water partition coefficient (Wildman–Crippen LogP) is 0.164. The van der Waals surface area contributed by atoms with Crippen molar-refractivity contribution in [2.45, 2.75) is 31.3 Å². The number of carbonyl (C=O) groups is 1. The van der Waals surface area contributed by atoms with Crippen LogP contribution in [-0.4, -0.2) is 75.2 Å². The lowest BCUT2D eigenvalue weighted by atomic mass is 10.0. The van der Waals surface area contributed by atoms with E-state index in [1.807, 2.05) is 14.0 Å². The number of nitrogens with one attached hydrogen (secondary N) is 1. The van der Waals surface area contributed by atoms with Crippen LogP contribution in [0.5, 0.6) is 0 Å². The van der Waals surface area contributed by atoms with Crippen LogP contribution < -0.4 is 5.32 Å². The van der Waals surface area contributed by atoms with Crippen molar-refractivity contribution < 1.29 is 9.53 Å². The Hall–Kier alpha value is -0.650. The highest BCUT2D eigenvalue weighted by molar-refractivity contribution is 5.80. The number of likely N-dealkylation sites (tertiary alicyclic amines) is 1. The lowest BCUT2D eigenvalue weighted by Crippen LogP contribution is -2.57. The number of hydrogen-bond acceptors (Lipinski definition) is 5. The van der Waals surface area contributed by atoms with Gasteiger partial charge >= 0.3 is 5.97 Å². The molecule has 106 valence electrons. The molecule has 0 bridgehead atoms. The van der Waals surface area contributed by atoms with Gasteiger partial charge in [0.05, 0.1) is 7.11 Å². The molecule has 1 N–H and O–H groups in total. The van der Waals surface area contributed by atoms with Crippen LogP contribution in [0.4, 0.5) is 0 Å². The molecule has 1 fully saturated rings. The van der Waals surface area contributed by atoms with Crippen LogP contribution in [0.1, 0.15) is 19.8 Å². The van der Waals surface area contributed by atoms with Crippen molar-refractivity contribution in [3.8, 4) is 0 Å². The van der Waals surface area contributed by atoms with Crippen molar-refractivity contribution in [2.24, 2.45) is 0 Å². The SMILES string of the molecule is CNC(C)(CN1CCCC1CN(C)C)C(=O)OC. The number of nitrogens with zero attached hydrogens (tertiary/aromatic N) is 2. The first-order chi connectivity index (χ1) is 8.42. The Kier molecular flexibility index (Phi) is 5.56. The second-order valence-corrected chi connectivity index (χ2v) is 5.60. The maximum absolute atomic E-state index is 11.9. The second-order valence-electron chi connectivity index (χ2n) is 5.60. The van der Waals surface area contributed by atoms with Gasteiger partial charge in [0.25, 0.3) is 0 Å². The number of hydrogen-bond donors (Lipinski definition) is 1. The Morgan fingerprint density at radius 2 is 2.22 bits per heavy atom. The molecule has 2 atom stereocenters. The van der Waals surface area contributed by atoms with Crippen molar-refractivity contribution in [3.05, 3.63) is 0 Å². The number of rotatable bonds is 6. The molecule has 18 heavy (non-hydrogen) atoms. The summed E-state index contributed by atoms with van der Waals surface area (Å²) in [7, 11) is 7.44. The van der Waals surface area contributed by atoms with Crippen LogP contribution in [0.15, 0.2) is 0 Å². The number of carbonyl (C=O) groups excluding carboxylic acids is 1. The van der Waals surface area contributed by atoms with E-state index in [2.05, 4.69) is 29.2 Å². The van der Waals surface area contributed by atoms with E-state index >= 15 is 0 Å². The smallest absolute Gasteiger partial charge is 0.327 e. The molecule has 1 rings (SSSR count). The maximum Gasteiger partial charge on any atom is 0.327 e. The summed E-state index contributed by atoms with van der Waals surface area (Å²) < 4.78 is 4.89. The third-order valence-electron chi connectivity index (χ3n) is 3.78. The molecular weight excluding hydrogens is 230 g/mol. The molecule has 5 nitrogen and oxygen atoms in total. The highest BCUT2D eigenvalue weighted by Gasteiger charge is 2.38. The highest BCUT2D eigenvalue weighted by Crippen LogP contribution is 2.21. The van der Waals surface area contributed by atoms with Crippen molar-refractivity contribution in [3.63, 3.8) is 0 Å². The monoisotopic (exact) mass is 257 g/mol. The van der Waals surface area contributed by atoms with Crippen LogP contribution in [0.25, 0.3) is 0 Å². The molecule has 0 saturated carbocycles. The molecule has 0 radical (unpaired) electrons. The number of esters is 1. The van der Waals surface area contributed by atoms with E-state index in [9.17, 15) is 4.79 Å². The molecule has 1 saturated heterocycles. The number of likely N-dealkylation sites (N-methyl/N-ethyl adjacent to an activating group) is 2. The van der Waals surface area contributed by atoms with Gasteiger partial charge in [-0.1, -0.05) is 0 Å². The summed E-state index contributed by atoms with van der Waals surface area (Å²) in [5, 5.41) is 3.10. The molecule has 5 heteroatoms. The first-order valence-electron chi connectivity index (χ1n) is 6.59. The first kappa shape index (κ1) is 15.4. The van der Waals surface area contributed by atoms with E-state index in [1.165, 1.54) is 20.0 Å². The molecule has 0 amide bonds. The maximum atomic E-state index is 11.9. The van der Waals surface area contributed by atoms with Crippen molar-refractivity contribution in [1.29, 1.82) is 0 Å². The zero-order valence-electron chi connectivity index (χ0n) is 12.3. The summed E-state index contributed by atoms with van der Waals surface area (Å²) in [6, 6.07) is 0.539. The van der Waals surface area contributed by atoms with Gasteiger partial charge < -0.3 is 15.0 Å². The van der Waals surface area contributed by atoms with E-state index in [-0.39, 0.29) is 5.97 Å². The van der Waals surface area contributed by atoms with Crippen molar-refractivity contribution in [1.82, 2.24) is 15.1 Å². The van der Waals surface area contributed by atoms with Crippen LogP contribution in [-0.2, 0) is 9.53 Å². The van der Waals surface area contributed by atoms with E-state index < -0.39 is 5.54 Å². The summed E-state index contributed by atoms with van der Waals surface area (Å²) in [5.41, 5.74) is -0.621. The van der Waals surface area contributed by atoms with Gasteiger partial charge in [0, 0.05) is 19.1 Å². The third-order valence-corrected chi connectivity index (χ3v) is 3.78. The Labute approximate surface area is 110 Å². The van der Waals surface area contributed by atoms with Gasteiger partial charge in [0.2, 0.25) is 0 Å². The molecular formula is C13H27N3O2. The largest absolute Gasteiger partial charge is 0.468 e. The lowest BCUT2D eigenvalue weighted by molar-refractivity contribution is -0.148. The second kappa shape index (κ2) is 6.50. The van der Waals surface area contributed by atoms with Gasteiger partial charge in [0.15, 0.2) is 0 Å². The zero-order valence-corrected chi connectivity index (χ0v) is 12.3. The Morgan fingerprint density at radius 3 is 2.72 bits per heavy atom. The Bertz CT molecular complexity index is 283. The Morgan fingerprint density at radius 1 is 1.56 bits per heavy atom. The van der Waals surface area contributed by atoms with Gasteiger partial charge in [-0.05, 0) is 47.5 Å². The Balaban J connectivity index is 2.66. The summed E-state index contributed by atoms with van der Waals surface area (Å²) in [6.07, 6.45) is 2.42. The van der Waals surface area contributed by atoms with E-state index in [0.29, 0.717) is 12.6 Å². The summed E-state index contributed by atoms with van der Waals surface area (Å²) >= 11 is 0. The van der Waals surface area contributed by atoms with Gasteiger partial charge in [0.1, 0.15) is 5.54 Å². The fourth-order valence-electron chi connectivity index (χ4n) is 2.61. The molecule has 0 aromatic heterocycles. The predicted molar refractivity (Wildman–Crippen MR) is 72.6 cm³/mol. The molecule has 1 aliphatic heterocycles. The molecule has 0 spiro atoms. The van der Waals surface area contributed by atoms with Gasteiger partial charge in [-0.2, -0.15) is 0 Å². The minimum absolute atomic E-state index is 0.194. The average molecular weight is 257 g/mol. The minimum atomic E-state index is -0.621. The number of methoxy groups -OCH3 is 1. The van der Waals surface area contributed by atoms with Crippen molar-refractivity contribution >= 4 is 5.97 Å². The average Bonchev–Trinajstić information content (AvgIpc) is 2.74. The van der Waals surface area contributed by atoms with Crippen LogP contribution in [0.3, 0.4) is 0 Å². The topological polar surface area (TPSA) is 44.8 Å². The zero-order chi connectivity index (χ0) is 13.8. The molecule has 2 unspecified atom stereocenters. The molecule has 0 aromatic carbocycles. The lowest BCUT2D eigenvalue weighted by Gasteiger charge is -2.35. The summed E-state index contributed by atoms with van der Waals surface area (Å²) in [6.45, 7) is 4.71. The molecule has 0 aliphatic carbocycles. The molecule has 1 aliphatic rings. The molecule has 0 aromatic rings. The van der Waals surface area contributed by atoms with Crippen molar-refractivity contribution in [2.75, 3.05) is 47.9 Å². The van der Waals surface area contributed by atoms with Crippen LogP contribution >= 0.6 is 0 Å². The quantitative estimate of drug-likeness (QED) is 0.687. The number of ether oxygens (including phenoxy) is 1. The summed E-state index contributed by atoms with van der Waals surface area (Å²) in [4.78, 5) is 16.5. The first-order valence-corrected chi connectivity index (χ1v) is 6.59. The summed E-state index contributed by atoms with van der Waals surface area (Å²) in [5.74, 6) is -0.194. The van der Waals surface area contributed by atoms with Gasteiger partial charge in [-0.15, -0.1) is 0 Å². The molecule has 1 heterocycles. The highest BCUT2D eigenvalue weighted by atomic mass is 16.5. The van der Waals surface area contributed by atoms with Crippen LogP contribution in [0, 0.1) is 0 Å². The fourth-order valence-corrected chi connectivity index (χ4v) is 2.61. The van der Waals surface area contributed by atoms with E-state index in [0.717, 1.165) is 13.1 Å². The fraction of sp³-hybridized carbons (Fsp3) is 0.923. The van der Waals surface area contributed by atoms with Gasteiger partial charge in [-0.25, -0.2) is 0 Å². The van der Waals surface area contributed by atoms with E-state index in [1.54, 1.807) is 0 Å². The third kappa shape index (κ3) is 3.67. The minimum Gasteiger partial charge on any atom is -0.468 e. The van der Waals surface area contributed by atoms with Crippen LogP contribution in [0.2, 0.25) is 0 Å². The normalized spacial score (nSPS) is 24.2.